The normalized spacial score (nSPS) is 15.3. The first kappa shape index (κ1) is 13.2. The van der Waals surface area contributed by atoms with E-state index in [0.29, 0.717) is 6.61 Å². The fraction of sp³-hybridized carbons (Fsp3) is 0.500. The van der Waals surface area contributed by atoms with Gasteiger partial charge in [0.1, 0.15) is 0 Å². The molecule has 0 fully saturated rings. The van der Waals surface area contributed by atoms with Gasteiger partial charge >= 0.3 is 0 Å². The Morgan fingerprint density at radius 1 is 1.35 bits per heavy atom. The van der Waals surface area contributed by atoms with Crippen LogP contribution in [0.25, 0.3) is 0 Å². The Morgan fingerprint density at radius 2 is 2.20 bits per heavy atom. The summed E-state index contributed by atoms with van der Waals surface area (Å²) in [6.45, 7) is 4.45. The maximum Gasteiger partial charge on any atom is 0.176 e. The summed E-state index contributed by atoms with van der Waals surface area (Å²) in [5.41, 5.74) is 3.84. The van der Waals surface area contributed by atoms with Crippen LogP contribution in [0.4, 0.5) is 0 Å². The Morgan fingerprint density at radius 3 is 2.95 bits per heavy atom. The molecule has 1 N–H and O–H groups in total. The lowest BCUT2D eigenvalue weighted by atomic mass is 9.99. The van der Waals surface area contributed by atoms with Gasteiger partial charge in [0.15, 0.2) is 5.82 Å². The summed E-state index contributed by atoms with van der Waals surface area (Å²) in [5, 5.41) is 15.7. The molecule has 1 atom stereocenters. The molecule has 1 unspecified atom stereocenters. The molecule has 0 saturated heterocycles. The standard InChI is InChI=1S/C14H19N5O/c1-3-15-13(7-14-16-18-19(2)17-14)10-4-5-11-8-20-9-12(11)6-10/h4-6,13,15H,3,7-9H2,1-2H3. The molecule has 1 aliphatic rings. The molecule has 1 aliphatic heterocycles. The number of fused-ring (bicyclic) bond motifs is 1. The molecule has 0 spiro atoms. The summed E-state index contributed by atoms with van der Waals surface area (Å²) in [5.74, 6) is 0.759. The molecule has 0 amide bonds. The van der Waals surface area contributed by atoms with Crippen molar-refractivity contribution in [3.8, 4) is 0 Å². The molecule has 0 saturated carbocycles. The summed E-state index contributed by atoms with van der Waals surface area (Å²) in [7, 11) is 1.78. The summed E-state index contributed by atoms with van der Waals surface area (Å²) >= 11 is 0. The van der Waals surface area contributed by atoms with Crippen molar-refractivity contribution < 1.29 is 4.74 Å². The molecular formula is C14H19N5O. The maximum atomic E-state index is 5.47. The number of nitrogens with one attached hydrogen (secondary N) is 1. The van der Waals surface area contributed by atoms with Gasteiger partial charge in [0.25, 0.3) is 0 Å². The predicted molar refractivity (Wildman–Crippen MR) is 73.9 cm³/mol. The van der Waals surface area contributed by atoms with Gasteiger partial charge < -0.3 is 10.1 Å². The van der Waals surface area contributed by atoms with Crippen molar-refractivity contribution in [1.82, 2.24) is 25.5 Å². The number of benzene rings is 1. The third-order valence-electron chi connectivity index (χ3n) is 3.53. The highest BCUT2D eigenvalue weighted by Crippen LogP contribution is 2.25. The van der Waals surface area contributed by atoms with Gasteiger partial charge in [0.05, 0.1) is 20.3 Å². The van der Waals surface area contributed by atoms with E-state index in [9.17, 15) is 0 Å². The molecule has 1 aromatic heterocycles. The number of likely N-dealkylation sites (N-methyl/N-ethyl adjacent to an activating group) is 1. The van der Waals surface area contributed by atoms with Gasteiger partial charge in [-0.3, -0.25) is 0 Å². The summed E-state index contributed by atoms with van der Waals surface area (Å²) in [6, 6.07) is 6.75. The first-order valence-electron chi connectivity index (χ1n) is 6.92. The molecule has 0 bridgehead atoms. The number of ether oxygens (including phenoxy) is 1. The molecule has 6 heteroatoms. The highest BCUT2D eigenvalue weighted by atomic mass is 16.5. The monoisotopic (exact) mass is 273 g/mol. The van der Waals surface area contributed by atoms with E-state index in [2.05, 4.69) is 45.9 Å². The minimum atomic E-state index is 0.204. The van der Waals surface area contributed by atoms with Gasteiger partial charge in [-0.05, 0) is 28.4 Å². The van der Waals surface area contributed by atoms with Crippen molar-refractivity contribution in [2.75, 3.05) is 6.54 Å². The SMILES string of the molecule is CCNC(Cc1nnn(C)n1)c1ccc2c(c1)COC2. The molecule has 2 heterocycles. The van der Waals surface area contributed by atoms with Crippen LogP contribution in [0.2, 0.25) is 0 Å². The largest absolute Gasteiger partial charge is 0.372 e. The number of aryl methyl sites for hydroxylation is 1. The summed E-state index contributed by atoms with van der Waals surface area (Å²) < 4.78 is 5.47. The zero-order chi connectivity index (χ0) is 13.9. The zero-order valence-corrected chi connectivity index (χ0v) is 11.8. The van der Waals surface area contributed by atoms with Gasteiger partial charge in [-0.25, -0.2) is 0 Å². The molecule has 20 heavy (non-hydrogen) atoms. The van der Waals surface area contributed by atoms with Crippen molar-refractivity contribution >= 4 is 0 Å². The summed E-state index contributed by atoms with van der Waals surface area (Å²) in [6.07, 6.45) is 0.737. The van der Waals surface area contributed by atoms with E-state index in [1.165, 1.54) is 21.5 Å². The van der Waals surface area contributed by atoms with Crippen LogP contribution < -0.4 is 5.32 Å². The minimum absolute atomic E-state index is 0.204. The third-order valence-corrected chi connectivity index (χ3v) is 3.53. The quantitative estimate of drug-likeness (QED) is 0.885. The Hall–Kier alpha value is -1.79. The lowest BCUT2D eigenvalue weighted by Crippen LogP contribution is -2.23. The van der Waals surface area contributed by atoms with Crippen LogP contribution in [0.1, 0.15) is 35.5 Å². The number of tetrazole rings is 1. The van der Waals surface area contributed by atoms with Gasteiger partial charge in [-0.1, -0.05) is 25.1 Å². The van der Waals surface area contributed by atoms with E-state index < -0.39 is 0 Å². The van der Waals surface area contributed by atoms with E-state index in [4.69, 9.17) is 4.74 Å². The number of hydrogen-bond acceptors (Lipinski definition) is 5. The fourth-order valence-electron chi connectivity index (χ4n) is 2.55. The van der Waals surface area contributed by atoms with Gasteiger partial charge in [-0.15, -0.1) is 10.2 Å². The van der Waals surface area contributed by atoms with Crippen LogP contribution in [-0.2, 0) is 31.4 Å². The number of nitrogens with zero attached hydrogens (tertiary/aromatic N) is 4. The van der Waals surface area contributed by atoms with E-state index in [-0.39, 0.29) is 6.04 Å². The van der Waals surface area contributed by atoms with Crippen molar-refractivity contribution in [3.63, 3.8) is 0 Å². The molecule has 0 aliphatic carbocycles. The second-order valence-corrected chi connectivity index (χ2v) is 5.03. The summed E-state index contributed by atoms with van der Waals surface area (Å²) in [4.78, 5) is 1.49. The Balaban J connectivity index is 1.82. The van der Waals surface area contributed by atoms with Gasteiger partial charge in [-0.2, -0.15) is 4.80 Å². The van der Waals surface area contributed by atoms with E-state index in [1.54, 1.807) is 7.05 Å². The van der Waals surface area contributed by atoms with Crippen LogP contribution in [0, 0.1) is 0 Å². The van der Waals surface area contributed by atoms with Crippen LogP contribution >= 0.6 is 0 Å². The Bertz CT molecular complexity index is 595. The predicted octanol–water partition coefficient (Wildman–Crippen LogP) is 1.13. The van der Waals surface area contributed by atoms with E-state index in [0.717, 1.165) is 25.4 Å². The highest BCUT2D eigenvalue weighted by Gasteiger charge is 2.18. The Labute approximate surface area is 118 Å². The molecule has 0 radical (unpaired) electrons. The molecular weight excluding hydrogens is 254 g/mol. The number of hydrogen-bond donors (Lipinski definition) is 1. The molecule has 2 aromatic rings. The van der Waals surface area contributed by atoms with E-state index >= 15 is 0 Å². The first-order valence-corrected chi connectivity index (χ1v) is 6.92. The van der Waals surface area contributed by atoms with Gasteiger partial charge in [0.2, 0.25) is 0 Å². The lowest BCUT2D eigenvalue weighted by Gasteiger charge is -2.17. The van der Waals surface area contributed by atoms with Crippen molar-refractivity contribution in [2.45, 2.75) is 32.6 Å². The fourth-order valence-corrected chi connectivity index (χ4v) is 2.55. The lowest BCUT2D eigenvalue weighted by molar-refractivity contribution is 0.134. The van der Waals surface area contributed by atoms with E-state index in [1.807, 2.05) is 0 Å². The highest BCUT2D eigenvalue weighted by molar-refractivity contribution is 5.34. The first-order chi connectivity index (χ1) is 9.76. The van der Waals surface area contributed by atoms with Crippen LogP contribution in [0.3, 0.4) is 0 Å². The number of rotatable bonds is 5. The third kappa shape index (κ3) is 2.71. The average Bonchev–Trinajstić information content (AvgIpc) is 3.06. The average molecular weight is 273 g/mol. The number of aromatic nitrogens is 4. The van der Waals surface area contributed by atoms with Crippen LogP contribution in [0.5, 0.6) is 0 Å². The topological polar surface area (TPSA) is 64.9 Å². The van der Waals surface area contributed by atoms with Crippen LogP contribution in [-0.4, -0.2) is 26.8 Å². The van der Waals surface area contributed by atoms with Crippen molar-refractivity contribution in [2.24, 2.45) is 7.05 Å². The molecule has 106 valence electrons. The zero-order valence-electron chi connectivity index (χ0n) is 11.8. The minimum Gasteiger partial charge on any atom is -0.372 e. The Kier molecular flexibility index (Phi) is 3.75. The molecule has 3 rings (SSSR count). The van der Waals surface area contributed by atoms with Crippen LogP contribution in [0.15, 0.2) is 18.2 Å². The molecule has 6 nitrogen and oxygen atoms in total. The molecule has 1 aromatic carbocycles. The van der Waals surface area contributed by atoms with Crippen molar-refractivity contribution in [3.05, 3.63) is 40.7 Å². The second kappa shape index (κ2) is 5.68. The second-order valence-electron chi connectivity index (χ2n) is 5.03. The smallest absolute Gasteiger partial charge is 0.176 e. The van der Waals surface area contributed by atoms with Gasteiger partial charge in [0, 0.05) is 12.5 Å². The van der Waals surface area contributed by atoms with Crippen molar-refractivity contribution in [1.29, 1.82) is 0 Å². The maximum absolute atomic E-state index is 5.47.